The Kier molecular flexibility index (Phi) is 5.69. The van der Waals surface area contributed by atoms with Crippen LogP contribution in [0.25, 0.3) is 32.9 Å². The van der Waals surface area contributed by atoms with E-state index in [4.69, 9.17) is 4.74 Å². The quantitative estimate of drug-likeness (QED) is 0.379. The third kappa shape index (κ3) is 4.22. The fraction of sp³-hybridized carbons (Fsp3) is 0.259. The fourth-order valence-electron chi connectivity index (χ4n) is 4.70. The zero-order chi connectivity index (χ0) is 24.6. The number of pyridine rings is 1. The maximum atomic E-state index is 15.4. The predicted octanol–water partition coefficient (Wildman–Crippen LogP) is 4.93. The van der Waals surface area contributed by atoms with Gasteiger partial charge in [0.2, 0.25) is 0 Å². The van der Waals surface area contributed by atoms with Crippen molar-refractivity contribution in [2.75, 3.05) is 25.5 Å². The molecule has 6 rings (SSSR count). The molecule has 1 saturated heterocycles. The summed E-state index contributed by atoms with van der Waals surface area (Å²) in [5.74, 6) is 0.784. The minimum absolute atomic E-state index is 0.0742. The molecule has 0 amide bonds. The number of benzene rings is 2. The van der Waals surface area contributed by atoms with Gasteiger partial charge >= 0.3 is 0 Å². The summed E-state index contributed by atoms with van der Waals surface area (Å²) in [6, 6.07) is 10.9. The molecular formula is C27H26FN7O. The lowest BCUT2D eigenvalue weighted by Crippen LogP contribution is -2.35. The summed E-state index contributed by atoms with van der Waals surface area (Å²) in [6.45, 7) is 1.95. The summed E-state index contributed by atoms with van der Waals surface area (Å²) in [7, 11) is 4.01. The molecule has 1 aliphatic rings. The Morgan fingerprint density at radius 3 is 2.67 bits per heavy atom. The van der Waals surface area contributed by atoms with E-state index in [1.165, 1.54) is 6.33 Å². The molecule has 3 aromatic heterocycles. The van der Waals surface area contributed by atoms with Gasteiger partial charge in [-0.15, -0.1) is 0 Å². The highest BCUT2D eigenvalue weighted by Crippen LogP contribution is 2.38. The van der Waals surface area contributed by atoms with E-state index in [1.807, 2.05) is 31.6 Å². The first-order chi connectivity index (χ1) is 17.5. The summed E-state index contributed by atoms with van der Waals surface area (Å²) in [4.78, 5) is 15.6. The van der Waals surface area contributed by atoms with Gasteiger partial charge in [-0.1, -0.05) is 0 Å². The van der Waals surface area contributed by atoms with Crippen molar-refractivity contribution in [3.63, 3.8) is 0 Å². The average Bonchev–Trinajstić information content (AvgIpc) is 3.33. The maximum Gasteiger partial charge on any atom is 0.156 e. The van der Waals surface area contributed by atoms with Crippen LogP contribution in [0.2, 0.25) is 0 Å². The first-order valence-electron chi connectivity index (χ1n) is 12.0. The van der Waals surface area contributed by atoms with E-state index in [2.05, 4.69) is 37.3 Å². The molecule has 0 saturated carbocycles. The molecule has 9 heteroatoms. The van der Waals surface area contributed by atoms with Gasteiger partial charge in [-0.2, -0.15) is 5.10 Å². The van der Waals surface area contributed by atoms with Crippen molar-refractivity contribution in [3.8, 4) is 16.9 Å². The van der Waals surface area contributed by atoms with Gasteiger partial charge in [-0.3, -0.25) is 9.67 Å². The largest absolute Gasteiger partial charge is 0.489 e. The average molecular weight is 484 g/mol. The zero-order valence-corrected chi connectivity index (χ0v) is 20.1. The molecule has 0 atom stereocenters. The maximum absolute atomic E-state index is 15.4. The number of ether oxygens (including phenoxy) is 1. The number of rotatable bonds is 5. The van der Waals surface area contributed by atoms with Crippen LogP contribution in [0.15, 0.2) is 61.3 Å². The third-order valence-electron chi connectivity index (χ3n) is 6.67. The first-order valence-corrected chi connectivity index (χ1v) is 12.0. The number of hydrogen-bond acceptors (Lipinski definition) is 7. The van der Waals surface area contributed by atoms with Gasteiger partial charge in [0.15, 0.2) is 5.82 Å². The van der Waals surface area contributed by atoms with Crippen molar-refractivity contribution < 1.29 is 9.13 Å². The molecule has 1 fully saturated rings. The zero-order valence-electron chi connectivity index (χ0n) is 20.1. The highest BCUT2D eigenvalue weighted by molar-refractivity contribution is 5.99. The number of piperidine rings is 1. The molecular weight excluding hydrogens is 457 g/mol. The standard InChI is InChI=1S/C27H26FN7O/c1-34-10-7-19(8-11-34)36-24-13-17(18-14-32-35(2)15-18)12-23-25(24)27(31-16-30-23)33-22-6-5-21-20(26(22)28)4-3-9-29-21/h3-6,9,12-16,19H,7-8,10-11H2,1-2H3,(H,30,31,33). The van der Waals surface area contributed by atoms with Crippen LogP contribution < -0.4 is 10.1 Å². The van der Waals surface area contributed by atoms with Gasteiger partial charge in [-0.25, -0.2) is 14.4 Å². The monoisotopic (exact) mass is 483 g/mol. The number of nitrogens with zero attached hydrogens (tertiary/aromatic N) is 6. The lowest BCUT2D eigenvalue weighted by Gasteiger charge is -2.30. The molecule has 8 nitrogen and oxygen atoms in total. The highest BCUT2D eigenvalue weighted by atomic mass is 19.1. The second kappa shape index (κ2) is 9.16. The van der Waals surface area contributed by atoms with Crippen molar-refractivity contribution >= 4 is 33.3 Å². The Balaban J connectivity index is 1.46. The number of halogens is 1. The molecule has 36 heavy (non-hydrogen) atoms. The van der Waals surface area contributed by atoms with Crippen LogP contribution in [0, 0.1) is 5.82 Å². The summed E-state index contributed by atoms with van der Waals surface area (Å²) in [6.07, 6.45) is 8.84. The van der Waals surface area contributed by atoms with Crippen LogP contribution in [-0.2, 0) is 7.05 Å². The van der Waals surface area contributed by atoms with Gasteiger partial charge in [-0.05, 0) is 61.9 Å². The smallest absolute Gasteiger partial charge is 0.156 e. The Hall–Kier alpha value is -4.11. The van der Waals surface area contributed by atoms with Crippen molar-refractivity contribution in [1.82, 2.24) is 29.6 Å². The van der Waals surface area contributed by atoms with Gasteiger partial charge < -0.3 is 15.0 Å². The van der Waals surface area contributed by atoms with Crippen LogP contribution >= 0.6 is 0 Å². The summed E-state index contributed by atoms with van der Waals surface area (Å²) in [5, 5.41) is 8.67. The minimum Gasteiger partial charge on any atom is -0.489 e. The van der Waals surface area contributed by atoms with Crippen molar-refractivity contribution in [2.24, 2.45) is 7.05 Å². The predicted molar refractivity (Wildman–Crippen MR) is 138 cm³/mol. The number of anilines is 2. The van der Waals surface area contributed by atoms with Crippen molar-refractivity contribution in [1.29, 1.82) is 0 Å². The molecule has 2 aromatic carbocycles. The van der Waals surface area contributed by atoms with Gasteiger partial charge in [0.25, 0.3) is 0 Å². The van der Waals surface area contributed by atoms with E-state index in [-0.39, 0.29) is 11.9 Å². The molecule has 0 bridgehead atoms. The van der Waals surface area contributed by atoms with E-state index < -0.39 is 0 Å². The van der Waals surface area contributed by atoms with Gasteiger partial charge in [0, 0.05) is 43.5 Å². The Morgan fingerprint density at radius 1 is 1.00 bits per heavy atom. The van der Waals surface area contributed by atoms with Gasteiger partial charge in [0.1, 0.15) is 24.0 Å². The van der Waals surface area contributed by atoms with E-state index in [9.17, 15) is 0 Å². The SMILES string of the molecule is CN1CCC(Oc2cc(-c3cnn(C)c3)cc3ncnc(Nc4ccc5ncccc5c4F)c23)CC1. The highest BCUT2D eigenvalue weighted by Gasteiger charge is 2.22. The van der Waals surface area contributed by atoms with Crippen LogP contribution in [-0.4, -0.2) is 55.9 Å². The molecule has 182 valence electrons. The van der Waals surface area contributed by atoms with Crippen molar-refractivity contribution in [3.05, 3.63) is 67.1 Å². The van der Waals surface area contributed by atoms with Crippen LogP contribution in [0.3, 0.4) is 0 Å². The van der Waals surface area contributed by atoms with Crippen molar-refractivity contribution in [2.45, 2.75) is 18.9 Å². The molecule has 4 heterocycles. The number of hydrogen-bond donors (Lipinski definition) is 1. The lowest BCUT2D eigenvalue weighted by molar-refractivity contribution is 0.116. The number of aromatic nitrogens is 5. The van der Waals surface area contributed by atoms with E-state index in [0.29, 0.717) is 33.7 Å². The molecule has 0 aliphatic carbocycles. The second-order valence-corrected chi connectivity index (χ2v) is 9.24. The second-order valence-electron chi connectivity index (χ2n) is 9.24. The Bertz CT molecular complexity index is 1560. The Labute approximate surface area is 207 Å². The Morgan fingerprint density at radius 2 is 1.86 bits per heavy atom. The van der Waals surface area contributed by atoms with Crippen LogP contribution in [0.5, 0.6) is 5.75 Å². The number of fused-ring (bicyclic) bond motifs is 2. The minimum atomic E-state index is -0.378. The van der Waals surface area contributed by atoms with E-state index in [1.54, 1.807) is 35.1 Å². The number of nitrogens with one attached hydrogen (secondary N) is 1. The topological polar surface area (TPSA) is 81.0 Å². The normalized spacial score (nSPS) is 15.0. The lowest BCUT2D eigenvalue weighted by atomic mass is 10.0. The fourth-order valence-corrected chi connectivity index (χ4v) is 4.70. The first kappa shape index (κ1) is 22.4. The molecule has 1 N–H and O–H groups in total. The van der Waals surface area contributed by atoms with Crippen LogP contribution in [0.1, 0.15) is 12.8 Å². The third-order valence-corrected chi connectivity index (χ3v) is 6.67. The number of aryl methyl sites for hydroxylation is 1. The summed E-state index contributed by atoms with van der Waals surface area (Å²) < 4.78 is 23.7. The van der Waals surface area contributed by atoms with Gasteiger partial charge in [0.05, 0.1) is 28.3 Å². The van der Waals surface area contributed by atoms with E-state index in [0.717, 1.165) is 42.4 Å². The number of likely N-dealkylation sites (tertiary alicyclic amines) is 1. The molecule has 0 spiro atoms. The molecule has 0 radical (unpaired) electrons. The van der Waals surface area contributed by atoms with E-state index >= 15 is 4.39 Å². The molecule has 5 aromatic rings. The summed E-state index contributed by atoms with van der Waals surface area (Å²) in [5.41, 5.74) is 3.54. The van der Waals surface area contributed by atoms with Crippen LogP contribution in [0.4, 0.5) is 15.9 Å². The summed E-state index contributed by atoms with van der Waals surface area (Å²) >= 11 is 0. The molecule has 1 aliphatic heterocycles. The molecule has 0 unspecified atom stereocenters.